The van der Waals surface area contributed by atoms with Crippen LogP contribution in [0.3, 0.4) is 0 Å². The summed E-state index contributed by atoms with van der Waals surface area (Å²) in [5.74, 6) is -0.423. The molecule has 120 valence electrons. The van der Waals surface area contributed by atoms with Crippen molar-refractivity contribution in [1.82, 2.24) is 14.1 Å². The molecule has 1 aliphatic rings. The third kappa shape index (κ3) is 2.96. The lowest BCUT2D eigenvalue weighted by Crippen LogP contribution is -2.42. The van der Waals surface area contributed by atoms with Crippen LogP contribution in [0.1, 0.15) is 33.6 Å². The molecule has 2 heterocycles. The number of hydrogen-bond donors (Lipinski definition) is 1. The minimum atomic E-state index is -0.510. The molecular formula is C16H18N4O2S. The van der Waals surface area contributed by atoms with Crippen molar-refractivity contribution in [3.63, 3.8) is 0 Å². The standard InChI is InChI=1S/C16H18N4O2S/c1-9-6-10(2)14(11(3)7-9)20-5-4-12(16(20)22)18-15(21)13-8-17-23-19-13/h6-8,12H,4-5H2,1-3H3,(H,18,21)/t12-/m1/s1. The van der Waals surface area contributed by atoms with E-state index in [9.17, 15) is 9.59 Å². The second kappa shape index (κ2) is 6.08. The predicted octanol–water partition coefficient (Wildman–Crippen LogP) is 2.00. The van der Waals surface area contributed by atoms with Crippen LogP contribution in [-0.4, -0.2) is 33.1 Å². The summed E-state index contributed by atoms with van der Waals surface area (Å²) >= 11 is 0.973. The first-order valence-electron chi connectivity index (χ1n) is 7.45. The van der Waals surface area contributed by atoms with Crippen LogP contribution in [0.15, 0.2) is 18.3 Å². The van der Waals surface area contributed by atoms with Gasteiger partial charge in [-0.1, -0.05) is 17.7 Å². The van der Waals surface area contributed by atoms with Crippen LogP contribution in [0.2, 0.25) is 0 Å². The highest BCUT2D eigenvalue weighted by molar-refractivity contribution is 6.99. The summed E-state index contributed by atoms with van der Waals surface area (Å²) in [6.45, 7) is 6.66. The molecule has 1 aromatic heterocycles. The number of nitrogens with one attached hydrogen (secondary N) is 1. The van der Waals surface area contributed by atoms with Crippen LogP contribution in [0.25, 0.3) is 0 Å². The van der Waals surface area contributed by atoms with Gasteiger partial charge in [0.05, 0.1) is 17.9 Å². The molecule has 3 rings (SSSR count). The highest BCUT2D eigenvalue weighted by atomic mass is 32.1. The molecule has 0 spiro atoms. The molecule has 2 aromatic rings. The molecule has 0 aliphatic carbocycles. The lowest BCUT2D eigenvalue weighted by atomic mass is 10.0. The monoisotopic (exact) mass is 330 g/mol. The second-order valence-corrected chi connectivity index (χ2v) is 6.40. The lowest BCUT2D eigenvalue weighted by molar-refractivity contribution is -0.118. The molecule has 2 amide bonds. The number of hydrogen-bond acceptors (Lipinski definition) is 5. The summed E-state index contributed by atoms with van der Waals surface area (Å²) in [5, 5.41) is 2.76. The van der Waals surface area contributed by atoms with Crippen LogP contribution in [-0.2, 0) is 4.79 Å². The quantitative estimate of drug-likeness (QED) is 0.934. The summed E-state index contributed by atoms with van der Waals surface area (Å²) in [5.41, 5.74) is 4.53. The second-order valence-electron chi connectivity index (χ2n) is 5.84. The molecule has 7 heteroatoms. The van der Waals surface area contributed by atoms with Gasteiger partial charge in [0.2, 0.25) is 5.91 Å². The fraction of sp³-hybridized carbons (Fsp3) is 0.375. The smallest absolute Gasteiger partial charge is 0.273 e. The van der Waals surface area contributed by atoms with E-state index in [1.165, 1.54) is 11.8 Å². The third-order valence-electron chi connectivity index (χ3n) is 4.01. The third-order valence-corrected chi connectivity index (χ3v) is 4.49. The molecule has 1 aromatic carbocycles. The van der Waals surface area contributed by atoms with Crippen molar-refractivity contribution in [2.24, 2.45) is 0 Å². The molecule has 1 saturated heterocycles. The maximum absolute atomic E-state index is 12.7. The van der Waals surface area contributed by atoms with E-state index in [-0.39, 0.29) is 17.5 Å². The SMILES string of the molecule is Cc1cc(C)c(N2CC[C@@H](NC(=O)c3cnsn3)C2=O)c(C)c1. The van der Waals surface area contributed by atoms with Crippen LogP contribution >= 0.6 is 11.7 Å². The van der Waals surface area contributed by atoms with E-state index in [4.69, 9.17) is 0 Å². The molecular weight excluding hydrogens is 312 g/mol. The Bertz CT molecular complexity index is 734. The zero-order valence-corrected chi connectivity index (χ0v) is 14.1. The zero-order valence-electron chi connectivity index (χ0n) is 13.3. The lowest BCUT2D eigenvalue weighted by Gasteiger charge is -2.22. The Morgan fingerprint density at radius 2 is 2.00 bits per heavy atom. The summed E-state index contributed by atoms with van der Waals surface area (Å²) in [6, 6.07) is 3.63. The van der Waals surface area contributed by atoms with E-state index in [2.05, 4.69) is 26.2 Å². The normalized spacial score (nSPS) is 17.6. The Morgan fingerprint density at radius 3 is 2.61 bits per heavy atom. The van der Waals surface area contributed by atoms with Crippen LogP contribution in [0.4, 0.5) is 5.69 Å². The number of amides is 2. The Hall–Kier alpha value is -2.28. The van der Waals surface area contributed by atoms with Crippen molar-refractivity contribution in [2.75, 3.05) is 11.4 Å². The van der Waals surface area contributed by atoms with Gasteiger partial charge in [0.15, 0.2) is 5.69 Å². The molecule has 1 atom stereocenters. The number of rotatable bonds is 3. The molecule has 1 fully saturated rings. The number of aromatic nitrogens is 2. The van der Waals surface area contributed by atoms with Gasteiger partial charge in [-0.2, -0.15) is 8.75 Å². The van der Waals surface area contributed by atoms with Gasteiger partial charge in [-0.3, -0.25) is 9.59 Å². The molecule has 1 aliphatic heterocycles. The zero-order chi connectivity index (χ0) is 16.6. The highest BCUT2D eigenvalue weighted by Gasteiger charge is 2.35. The Kier molecular flexibility index (Phi) is 4.12. The summed E-state index contributed by atoms with van der Waals surface area (Å²) in [4.78, 5) is 26.5. The van der Waals surface area contributed by atoms with Crippen molar-refractivity contribution in [2.45, 2.75) is 33.2 Å². The maximum Gasteiger partial charge on any atom is 0.273 e. The van der Waals surface area contributed by atoms with Gasteiger partial charge in [-0.05, 0) is 38.3 Å². The average molecular weight is 330 g/mol. The molecule has 0 bridgehead atoms. The maximum atomic E-state index is 12.7. The van der Waals surface area contributed by atoms with Gasteiger partial charge in [-0.15, -0.1) is 0 Å². The minimum absolute atomic E-state index is 0.0726. The number of nitrogens with zero attached hydrogens (tertiary/aromatic N) is 3. The van der Waals surface area contributed by atoms with Crippen molar-refractivity contribution in [3.8, 4) is 0 Å². The first kappa shape index (κ1) is 15.6. The van der Waals surface area contributed by atoms with E-state index >= 15 is 0 Å². The highest BCUT2D eigenvalue weighted by Crippen LogP contribution is 2.30. The molecule has 0 unspecified atom stereocenters. The molecule has 23 heavy (non-hydrogen) atoms. The van der Waals surface area contributed by atoms with Crippen molar-refractivity contribution in [3.05, 3.63) is 40.7 Å². The van der Waals surface area contributed by atoms with E-state index in [1.54, 1.807) is 4.90 Å². The van der Waals surface area contributed by atoms with Gasteiger partial charge in [0, 0.05) is 12.2 Å². The fourth-order valence-electron chi connectivity index (χ4n) is 3.13. The first-order chi connectivity index (χ1) is 11.0. The van der Waals surface area contributed by atoms with E-state index < -0.39 is 6.04 Å². The van der Waals surface area contributed by atoms with E-state index in [0.717, 1.165) is 28.5 Å². The van der Waals surface area contributed by atoms with Crippen LogP contribution < -0.4 is 10.2 Å². The summed E-state index contributed by atoms with van der Waals surface area (Å²) in [7, 11) is 0. The summed E-state index contributed by atoms with van der Waals surface area (Å²) in [6.07, 6.45) is 2.00. The van der Waals surface area contributed by atoms with Crippen molar-refractivity contribution < 1.29 is 9.59 Å². The van der Waals surface area contributed by atoms with Gasteiger partial charge in [0.1, 0.15) is 6.04 Å². The molecule has 1 N–H and O–H groups in total. The molecule has 6 nitrogen and oxygen atoms in total. The van der Waals surface area contributed by atoms with Crippen LogP contribution in [0, 0.1) is 20.8 Å². The minimum Gasteiger partial charge on any atom is -0.339 e. The number of carbonyl (C=O) groups excluding carboxylic acids is 2. The largest absolute Gasteiger partial charge is 0.339 e. The van der Waals surface area contributed by atoms with Crippen LogP contribution in [0.5, 0.6) is 0 Å². The molecule has 0 saturated carbocycles. The van der Waals surface area contributed by atoms with Crippen molar-refractivity contribution in [1.29, 1.82) is 0 Å². The van der Waals surface area contributed by atoms with E-state index in [0.29, 0.717) is 13.0 Å². The Morgan fingerprint density at radius 1 is 1.30 bits per heavy atom. The van der Waals surface area contributed by atoms with Gasteiger partial charge in [0.25, 0.3) is 5.91 Å². The fourth-order valence-corrected chi connectivity index (χ4v) is 3.54. The number of aryl methyl sites for hydroxylation is 3. The van der Waals surface area contributed by atoms with Crippen molar-refractivity contribution >= 4 is 29.2 Å². The topological polar surface area (TPSA) is 75.2 Å². The Balaban J connectivity index is 1.78. The Labute approximate surface area is 138 Å². The number of carbonyl (C=O) groups is 2. The average Bonchev–Trinajstić information content (AvgIpc) is 3.11. The van der Waals surface area contributed by atoms with Gasteiger partial charge >= 0.3 is 0 Å². The number of benzene rings is 1. The van der Waals surface area contributed by atoms with Gasteiger partial charge in [-0.25, -0.2) is 0 Å². The first-order valence-corrected chi connectivity index (χ1v) is 8.18. The van der Waals surface area contributed by atoms with Gasteiger partial charge < -0.3 is 10.2 Å². The van der Waals surface area contributed by atoms with E-state index in [1.807, 2.05) is 20.8 Å². The number of anilines is 1. The predicted molar refractivity (Wildman–Crippen MR) is 88.8 cm³/mol. The summed E-state index contributed by atoms with van der Waals surface area (Å²) < 4.78 is 7.70. The molecule has 0 radical (unpaired) electrons.